The first kappa shape index (κ1) is 12.4. The molecule has 0 unspecified atom stereocenters. The van der Waals surface area contributed by atoms with Gasteiger partial charge in [0.2, 0.25) is 0 Å². The van der Waals surface area contributed by atoms with Crippen molar-refractivity contribution in [2.24, 2.45) is 7.05 Å². The molecule has 1 saturated carbocycles. The Morgan fingerprint density at radius 3 is 2.88 bits per heavy atom. The van der Waals surface area contributed by atoms with Crippen LogP contribution in [-0.2, 0) is 13.6 Å². The van der Waals surface area contributed by atoms with Gasteiger partial charge in [-0.25, -0.2) is 0 Å². The minimum absolute atomic E-state index is 0.567. The highest BCUT2D eigenvalue weighted by Crippen LogP contribution is 2.17. The van der Waals surface area contributed by atoms with Gasteiger partial charge < -0.3 is 10.6 Å². The van der Waals surface area contributed by atoms with Gasteiger partial charge in [-0.1, -0.05) is 19.3 Å². The van der Waals surface area contributed by atoms with E-state index < -0.39 is 0 Å². The number of thiocarbonyl (C=S) groups is 1. The van der Waals surface area contributed by atoms with Gasteiger partial charge in [0.05, 0.1) is 6.20 Å². The number of hydrogen-bond donors (Lipinski definition) is 2. The van der Waals surface area contributed by atoms with Crippen LogP contribution < -0.4 is 10.6 Å². The van der Waals surface area contributed by atoms with E-state index in [9.17, 15) is 0 Å². The molecule has 1 aliphatic rings. The molecule has 2 N–H and O–H groups in total. The lowest BCUT2D eigenvalue weighted by molar-refractivity contribution is 0.412. The van der Waals surface area contributed by atoms with Crippen molar-refractivity contribution in [3.8, 4) is 0 Å². The highest BCUT2D eigenvalue weighted by molar-refractivity contribution is 7.80. The first-order chi connectivity index (χ1) is 8.24. The number of aryl methyl sites for hydroxylation is 1. The second-order valence-corrected chi connectivity index (χ2v) is 5.09. The maximum Gasteiger partial charge on any atom is 0.166 e. The van der Waals surface area contributed by atoms with Gasteiger partial charge in [-0.05, 0) is 25.1 Å². The van der Waals surface area contributed by atoms with Crippen LogP contribution in [0.15, 0.2) is 12.4 Å². The molecule has 17 heavy (non-hydrogen) atoms. The molecule has 0 bridgehead atoms. The predicted octanol–water partition coefficient (Wildman–Crippen LogP) is 1.72. The first-order valence-corrected chi connectivity index (χ1v) is 6.67. The van der Waals surface area contributed by atoms with Crippen LogP contribution in [0.5, 0.6) is 0 Å². The van der Waals surface area contributed by atoms with Gasteiger partial charge in [0.1, 0.15) is 0 Å². The van der Waals surface area contributed by atoms with E-state index in [1.165, 1.54) is 32.1 Å². The Morgan fingerprint density at radius 1 is 1.47 bits per heavy atom. The third-order valence-electron chi connectivity index (χ3n) is 3.15. The van der Waals surface area contributed by atoms with Crippen LogP contribution in [0.2, 0.25) is 0 Å². The summed E-state index contributed by atoms with van der Waals surface area (Å²) in [5.74, 6) is 0. The summed E-state index contributed by atoms with van der Waals surface area (Å²) < 4.78 is 1.80. The summed E-state index contributed by atoms with van der Waals surface area (Å²) in [4.78, 5) is 0. The van der Waals surface area contributed by atoms with Crippen molar-refractivity contribution < 1.29 is 0 Å². The zero-order valence-corrected chi connectivity index (χ0v) is 11.1. The summed E-state index contributed by atoms with van der Waals surface area (Å²) in [5, 5.41) is 11.5. The van der Waals surface area contributed by atoms with Crippen molar-refractivity contribution in [2.75, 3.05) is 0 Å². The topological polar surface area (TPSA) is 41.9 Å². The summed E-state index contributed by atoms with van der Waals surface area (Å²) in [6.07, 6.45) is 10.4. The molecular formula is C12H20N4S. The quantitative estimate of drug-likeness (QED) is 0.804. The Balaban J connectivity index is 1.70. The number of hydrogen-bond acceptors (Lipinski definition) is 2. The van der Waals surface area contributed by atoms with E-state index in [2.05, 4.69) is 15.7 Å². The van der Waals surface area contributed by atoms with E-state index in [1.807, 2.05) is 19.4 Å². The molecule has 4 nitrogen and oxygen atoms in total. The van der Waals surface area contributed by atoms with Gasteiger partial charge in [-0.3, -0.25) is 4.68 Å². The number of nitrogens with one attached hydrogen (secondary N) is 2. The van der Waals surface area contributed by atoms with Crippen LogP contribution in [0.25, 0.3) is 0 Å². The zero-order chi connectivity index (χ0) is 12.1. The molecule has 0 aliphatic heterocycles. The monoisotopic (exact) mass is 252 g/mol. The average molecular weight is 252 g/mol. The van der Waals surface area contributed by atoms with Crippen LogP contribution in [0.1, 0.15) is 37.7 Å². The maximum atomic E-state index is 5.29. The first-order valence-electron chi connectivity index (χ1n) is 6.26. The summed E-state index contributed by atoms with van der Waals surface area (Å²) in [6, 6.07) is 0.567. The fraction of sp³-hybridized carbons (Fsp3) is 0.667. The van der Waals surface area contributed by atoms with Gasteiger partial charge in [0, 0.05) is 31.4 Å². The minimum atomic E-state index is 0.567. The summed E-state index contributed by atoms with van der Waals surface area (Å²) >= 11 is 5.29. The Hall–Kier alpha value is -1.10. The smallest absolute Gasteiger partial charge is 0.166 e. The van der Waals surface area contributed by atoms with Crippen molar-refractivity contribution in [2.45, 2.75) is 44.7 Å². The minimum Gasteiger partial charge on any atom is -0.360 e. The van der Waals surface area contributed by atoms with E-state index in [4.69, 9.17) is 12.2 Å². The maximum absolute atomic E-state index is 5.29. The van der Waals surface area contributed by atoms with E-state index in [0.29, 0.717) is 6.04 Å². The molecule has 2 rings (SSSR count). The molecule has 1 heterocycles. The van der Waals surface area contributed by atoms with Crippen molar-refractivity contribution in [3.63, 3.8) is 0 Å². The van der Waals surface area contributed by atoms with Gasteiger partial charge in [-0.15, -0.1) is 0 Å². The largest absolute Gasteiger partial charge is 0.360 e. The number of rotatable bonds is 3. The highest BCUT2D eigenvalue weighted by atomic mass is 32.1. The lowest BCUT2D eigenvalue weighted by atomic mass is 9.96. The fourth-order valence-electron chi connectivity index (χ4n) is 2.23. The van der Waals surface area contributed by atoms with Gasteiger partial charge in [0.25, 0.3) is 0 Å². The Bertz CT molecular complexity index is 368. The van der Waals surface area contributed by atoms with Gasteiger partial charge in [-0.2, -0.15) is 5.10 Å². The van der Waals surface area contributed by atoms with Crippen LogP contribution in [0, 0.1) is 0 Å². The predicted molar refractivity (Wildman–Crippen MR) is 72.7 cm³/mol. The summed E-state index contributed by atoms with van der Waals surface area (Å²) in [5.41, 5.74) is 1.15. The molecule has 0 radical (unpaired) electrons. The summed E-state index contributed by atoms with van der Waals surface area (Å²) in [7, 11) is 1.92. The molecule has 1 aromatic rings. The molecule has 1 aliphatic carbocycles. The van der Waals surface area contributed by atoms with Crippen molar-refractivity contribution in [1.82, 2.24) is 20.4 Å². The number of aromatic nitrogens is 2. The van der Waals surface area contributed by atoms with Crippen LogP contribution >= 0.6 is 12.2 Å². The normalized spacial score (nSPS) is 16.8. The van der Waals surface area contributed by atoms with Crippen LogP contribution in [-0.4, -0.2) is 20.9 Å². The average Bonchev–Trinajstić information content (AvgIpc) is 2.74. The van der Waals surface area contributed by atoms with E-state index in [0.717, 1.165) is 17.2 Å². The number of nitrogens with zero attached hydrogens (tertiary/aromatic N) is 2. The molecular weight excluding hydrogens is 232 g/mol. The van der Waals surface area contributed by atoms with Crippen molar-refractivity contribution >= 4 is 17.3 Å². The summed E-state index contributed by atoms with van der Waals surface area (Å²) in [6.45, 7) is 0.742. The Labute approximate surface area is 108 Å². The highest BCUT2D eigenvalue weighted by Gasteiger charge is 2.13. The molecule has 0 aromatic carbocycles. The van der Waals surface area contributed by atoms with E-state index >= 15 is 0 Å². The SMILES string of the molecule is Cn1cc(CNC(=S)NC2CCCCC2)cn1. The molecule has 0 amide bonds. The van der Waals surface area contributed by atoms with E-state index in [-0.39, 0.29) is 0 Å². The third-order valence-corrected chi connectivity index (χ3v) is 3.41. The van der Waals surface area contributed by atoms with E-state index in [1.54, 1.807) is 4.68 Å². The van der Waals surface area contributed by atoms with Crippen LogP contribution in [0.4, 0.5) is 0 Å². The lowest BCUT2D eigenvalue weighted by Gasteiger charge is -2.24. The molecule has 1 fully saturated rings. The molecule has 94 valence electrons. The molecule has 0 saturated heterocycles. The second-order valence-electron chi connectivity index (χ2n) is 4.68. The van der Waals surface area contributed by atoms with Crippen molar-refractivity contribution in [1.29, 1.82) is 0 Å². The molecule has 1 aromatic heterocycles. The van der Waals surface area contributed by atoms with Crippen LogP contribution in [0.3, 0.4) is 0 Å². The lowest BCUT2D eigenvalue weighted by Crippen LogP contribution is -2.42. The zero-order valence-electron chi connectivity index (χ0n) is 10.3. The third kappa shape index (κ3) is 4.00. The Kier molecular flexibility index (Phi) is 4.36. The van der Waals surface area contributed by atoms with Gasteiger partial charge in [0.15, 0.2) is 5.11 Å². The molecule has 5 heteroatoms. The molecule has 0 spiro atoms. The van der Waals surface area contributed by atoms with Crippen molar-refractivity contribution in [3.05, 3.63) is 18.0 Å². The van der Waals surface area contributed by atoms with Gasteiger partial charge >= 0.3 is 0 Å². The fourth-order valence-corrected chi connectivity index (χ4v) is 2.47. The molecule has 0 atom stereocenters. The Morgan fingerprint density at radius 2 is 2.24 bits per heavy atom. The second kappa shape index (κ2) is 6.00. The standard InChI is InChI=1S/C12H20N4S/c1-16-9-10(8-14-16)7-13-12(17)15-11-5-3-2-4-6-11/h8-9,11H,2-7H2,1H3,(H2,13,15,17).